The summed E-state index contributed by atoms with van der Waals surface area (Å²) >= 11 is 0. The molecule has 2 saturated heterocycles. The number of carbonyl (C=O) groups excluding carboxylic acids is 3. The van der Waals surface area contributed by atoms with Crippen molar-refractivity contribution in [3.05, 3.63) is 18.2 Å². The fourth-order valence-electron chi connectivity index (χ4n) is 4.44. The monoisotopic (exact) mass is 445 g/mol. The molecule has 176 valence electrons. The fourth-order valence-corrected chi connectivity index (χ4v) is 4.44. The van der Waals surface area contributed by atoms with Gasteiger partial charge in [-0.3, -0.25) is 14.4 Å². The molecule has 0 aliphatic carbocycles. The number of benzene rings is 1. The van der Waals surface area contributed by atoms with Gasteiger partial charge < -0.3 is 24.6 Å². The first-order valence-electron chi connectivity index (χ1n) is 11.5. The average Bonchev–Trinajstić information content (AvgIpc) is 3.19. The standard InChI is InChI=1S/C24H35N3O5/c1-16(2)12-19(24(30)26-10-6-5-7-11-26)25-23(29)17-13-22(28)27(15-17)18-8-9-20(31-3)21(14-18)32-4/h8-9,14,16-17,19H,5-7,10-13,15H2,1-4H3,(H,25,29). The summed E-state index contributed by atoms with van der Waals surface area (Å²) in [6.07, 6.45) is 3.85. The van der Waals surface area contributed by atoms with Crippen LogP contribution in [0.1, 0.15) is 46.0 Å². The van der Waals surface area contributed by atoms with Gasteiger partial charge in [0.1, 0.15) is 6.04 Å². The number of piperidine rings is 1. The maximum absolute atomic E-state index is 13.1. The Hall–Kier alpha value is -2.77. The second-order valence-electron chi connectivity index (χ2n) is 9.02. The minimum atomic E-state index is -0.550. The van der Waals surface area contributed by atoms with Gasteiger partial charge in [0, 0.05) is 37.8 Å². The summed E-state index contributed by atoms with van der Waals surface area (Å²) in [6.45, 7) is 5.85. The number of hydrogen-bond acceptors (Lipinski definition) is 5. The Morgan fingerprint density at radius 2 is 1.78 bits per heavy atom. The predicted molar refractivity (Wildman–Crippen MR) is 122 cm³/mol. The molecule has 1 aromatic carbocycles. The van der Waals surface area contributed by atoms with Gasteiger partial charge >= 0.3 is 0 Å². The molecule has 2 aliphatic heterocycles. The molecule has 1 aromatic rings. The van der Waals surface area contributed by atoms with Crippen LogP contribution in [-0.2, 0) is 14.4 Å². The summed E-state index contributed by atoms with van der Waals surface area (Å²) in [5.74, 6) is 0.493. The van der Waals surface area contributed by atoms with E-state index in [0.29, 0.717) is 23.6 Å². The lowest BCUT2D eigenvalue weighted by Gasteiger charge is -2.31. The van der Waals surface area contributed by atoms with Crippen LogP contribution in [0.2, 0.25) is 0 Å². The smallest absolute Gasteiger partial charge is 0.245 e. The largest absolute Gasteiger partial charge is 0.493 e. The molecular formula is C24H35N3O5. The van der Waals surface area contributed by atoms with Gasteiger partial charge in [0.2, 0.25) is 17.7 Å². The van der Waals surface area contributed by atoms with Crippen molar-refractivity contribution >= 4 is 23.4 Å². The van der Waals surface area contributed by atoms with Gasteiger partial charge in [-0.25, -0.2) is 0 Å². The summed E-state index contributed by atoms with van der Waals surface area (Å²) < 4.78 is 10.6. The maximum atomic E-state index is 13.1. The van der Waals surface area contributed by atoms with Gasteiger partial charge in [0.05, 0.1) is 20.1 Å². The summed E-state index contributed by atoms with van der Waals surface area (Å²) in [7, 11) is 3.09. The molecule has 0 saturated carbocycles. The van der Waals surface area contributed by atoms with E-state index in [1.807, 2.05) is 18.7 Å². The lowest BCUT2D eigenvalue weighted by atomic mass is 9.99. The molecule has 32 heavy (non-hydrogen) atoms. The highest BCUT2D eigenvalue weighted by molar-refractivity contribution is 6.01. The average molecular weight is 446 g/mol. The topological polar surface area (TPSA) is 88.2 Å². The third-order valence-electron chi connectivity index (χ3n) is 6.16. The van der Waals surface area contributed by atoms with Crippen molar-refractivity contribution in [3.8, 4) is 11.5 Å². The van der Waals surface area contributed by atoms with Crippen LogP contribution in [0, 0.1) is 11.8 Å². The highest BCUT2D eigenvalue weighted by Crippen LogP contribution is 2.34. The van der Waals surface area contributed by atoms with Crippen molar-refractivity contribution in [2.24, 2.45) is 11.8 Å². The van der Waals surface area contributed by atoms with E-state index in [2.05, 4.69) is 5.32 Å². The van der Waals surface area contributed by atoms with Crippen molar-refractivity contribution in [3.63, 3.8) is 0 Å². The number of anilines is 1. The quantitative estimate of drug-likeness (QED) is 0.665. The van der Waals surface area contributed by atoms with Gasteiger partial charge in [-0.2, -0.15) is 0 Å². The number of ether oxygens (including phenoxy) is 2. The molecule has 1 N–H and O–H groups in total. The van der Waals surface area contributed by atoms with Crippen molar-refractivity contribution in [1.29, 1.82) is 0 Å². The number of nitrogens with one attached hydrogen (secondary N) is 1. The third kappa shape index (κ3) is 5.53. The van der Waals surface area contributed by atoms with Crippen LogP contribution in [0.4, 0.5) is 5.69 Å². The number of likely N-dealkylation sites (tertiary alicyclic amines) is 1. The Morgan fingerprint density at radius 3 is 2.41 bits per heavy atom. The molecule has 3 rings (SSSR count). The van der Waals surface area contributed by atoms with Crippen LogP contribution < -0.4 is 19.7 Å². The number of carbonyl (C=O) groups is 3. The molecule has 0 aromatic heterocycles. The number of nitrogens with zero attached hydrogens (tertiary/aromatic N) is 2. The molecule has 0 spiro atoms. The first-order chi connectivity index (χ1) is 15.3. The summed E-state index contributed by atoms with van der Waals surface area (Å²) in [4.78, 5) is 42.3. The van der Waals surface area contributed by atoms with Crippen LogP contribution in [0.3, 0.4) is 0 Å². The van der Waals surface area contributed by atoms with E-state index < -0.39 is 12.0 Å². The van der Waals surface area contributed by atoms with Crippen molar-refractivity contribution in [2.45, 2.75) is 52.0 Å². The van der Waals surface area contributed by atoms with Gasteiger partial charge in [0.15, 0.2) is 11.5 Å². The molecule has 2 atom stereocenters. The lowest BCUT2D eigenvalue weighted by Crippen LogP contribution is -2.51. The van der Waals surface area contributed by atoms with E-state index in [0.717, 1.165) is 32.4 Å². The normalized spacial score (nSPS) is 19.8. The van der Waals surface area contributed by atoms with Crippen molar-refractivity contribution in [2.75, 3.05) is 38.8 Å². The number of amides is 3. The number of rotatable bonds is 8. The number of methoxy groups -OCH3 is 2. The Morgan fingerprint density at radius 1 is 1.09 bits per heavy atom. The minimum absolute atomic E-state index is 0.00665. The molecule has 3 amide bonds. The van der Waals surface area contributed by atoms with Gasteiger partial charge in [-0.05, 0) is 43.7 Å². The fraction of sp³-hybridized carbons (Fsp3) is 0.625. The Kier molecular flexibility index (Phi) is 7.99. The van der Waals surface area contributed by atoms with E-state index in [1.54, 1.807) is 30.2 Å². The Balaban J connectivity index is 1.68. The highest BCUT2D eigenvalue weighted by atomic mass is 16.5. The zero-order valence-corrected chi connectivity index (χ0v) is 19.6. The molecule has 2 fully saturated rings. The summed E-state index contributed by atoms with van der Waals surface area (Å²) in [5, 5.41) is 2.97. The first kappa shape index (κ1) is 23.9. The molecule has 2 aliphatic rings. The summed E-state index contributed by atoms with van der Waals surface area (Å²) in [6, 6.07) is 4.70. The lowest BCUT2D eigenvalue weighted by molar-refractivity contribution is -0.138. The van der Waals surface area contributed by atoms with E-state index in [1.165, 1.54) is 7.11 Å². The van der Waals surface area contributed by atoms with Crippen molar-refractivity contribution < 1.29 is 23.9 Å². The van der Waals surface area contributed by atoms with Crippen LogP contribution in [-0.4, -0.2) is 62.5 Å². The van der Waals surface area contributed by atoms with Crippen LogP contribution >= 0.6 is 0 Å². The molecule has 2 unspecified atom stereocenters. The van der Waals surface area contributed by atoms with E-state index in [9.17, 15) is 14.4 Å². The second-order valence-corrected chi connectivity index (χ2v) is 9.02. The predicted octanol–water partition coefficient (Wildman–Crippen LogP) is 2.60. The molecule has 8 nitrogen and oxygen atoms in total. The second kappa shape index (κ2) is 10.7. The van der Waals surface area contributed by atoms with Gasteiger partial charge in [0.25, 0.3) is 0 Å². The Labute approximate surface area is 190 Å². The minimum Gasteiger partial charge on any atom is -0.493 e. The molecule has 0 radical (unpaired) electrons. The van der Waals surface area contributed by atoms with E-state index >= 15 is 0 Å². The van der Waals surface area contributed by atoms with E-state index in [4.69, 9.17) is 9.47 Å². The molecule has 0 bridgehead atoms. The summed E-state index contributed by atoms with van der Waals surface area (Å²) in [5.41, 5.74) is 0.658. The van der Waals surface area contributed by atoms with Crippen LogP contribution in [0.15, 0.2) is 18.2 Å². The molecular weight excluding hydrogens is 410 g/mol. The van der Waals surface area contributed by atoms with Crippen LogP contribution in [0.5, 0.6) is 11.5 Å². The van der Waals surface area contributed by atoms with Gasteiger partial charge in [-0.15, -0.1) is 0 Å². The number of hydrogen-bond donors (Lipinski definition) is 1. The maximum Gasteiger partial charge on any atom is 0.245 e. The zero-order valence-electron chi connectivity index (χ0n) is 19.6. The van der Waals surface area contributed by atoms with Crippen molar-refractivity contribution in [1.82, 2.24) is 10.2 Å². The van der Waals surface area contributed by atoms with Gasteiger partial charge in [-0.1, -0.05) is 13.8 Å². The SMILES string of the molecule is COc1ccc(N2CC(C(=O)NC(CC(C)C)C(=O)N3CCCCC3)CC2=O)cc1OC. The van der Waals surface area contributed by atoms with E-state index in [-0.39, 0.29) is 36.6 Å². The highest BCUT2D eigenvalue weighted by Gasteiger charge is 2.37. The third-order valence-corrected chi connectivity index (χ3v) is 6.16. The Bertz CT molecular complexity index is 835. The molecule has 8 heteroatoms. The van der Waals surface area contributed by atoms with Crippen LogP contribution in [0.25, 0.3) is 0 Å². The zero-order chi connectivity index (χ0) is 23.3. The first-order valence-corrected chi connectivity index (χ1v) is 11.5. The molecule has 2 heterocycles.